The Labute approximate surface area is 117 Å². The molecule has 0 saturated carbocycles. The van der Waals surface area contributed by atoms with Crippen LogP contribution in [0.1, 0.15) is 24.8 Å². The highest BCUT2D eigenvalue weighted by Gasteiger charge is 2.14. The number of phenolic OH excluding ortho intramolecular Hbond substituents is 1. The third kappa shape index (κ3) is 3.75. The third-order valence-corrected chi connectivity index (χ3v) is 3.57. The summed E-state index contributed by atoms with van der Waals surface area (Å²) >= 11 is 11.8. The van der Waals surface area contributed by atoms with Crippen molar-refractivity contribution in [2.24, 2.45) is 0 Å². The van der Waals surface area contributed by atoms with Crippen molar-refractivity contribution in [2.75, 3.05) is 13.2 Å². The van der Waals surface area contributed by atoms with Crippen LogP contribution in [0.2, 0.25) is 10.0 Å². The van der Waals surface area contributed by atoms with E-state index < -0.39 is 0 Å². The van der Waals surface area contributed by atoms with Crippen molar-refractivity contribution >= 4 is 23.2 Å². The van der Waals surface area contributed by atoms with E-state index in [-0.39, 0.29) is 16.9 Å². The molecule has 1 unspecified atom stereocenters. The molecular weight excluding hydrogens is 273 g/mol. The lowest BCUT2D eigenvalue weighted by Crippen LogP contribution is -2.31. The number of hydrogen-bond acceptors (Lipinski definition) is 3. The second-order valence-corrected chi connectivity index (χ2v) is 5.36. The minimum atomic E-state index is 0.0955. The van der Waals surface area contributed by atoms with Crippen molar-refractivity contribution in [3.05, 3.63) is 27.7 Å². The first kappa shape index (κ1) is 13.9. The van der Waals surface area contributed by atoms with Crippen LogP contribution in [0.5, 0.6) is 5.75 Å². The number of ether oxygens (including phenoxy) is 1. The highest BCUT2D eigenvalue weighted by Crippen LogP contribution is 2.30. The first-order valence-corrected chi connectivity index (χ1v) is 6.91. The molecule has 2 N–H and O–H groups in total. The highest BCUT2D eigenvalue weighted by atomic mass is 35.5. The van der Waals surface area contributed by atoms with Gasteiger partial charge in [0.15, 0.2) is 0 Å². The van der Waals surface area contributed by atoms with E-state index in [4.69, 9.17) is 27.9 Å². The predicted molar refractivity (Wildman–Crippen MR) is 73.4 cm³/mol. The van der Waals surface area contributed by atoms with Crippen LogP contribution < -0.4 is 5.32 Å². The van der Waals surface area contributed by atoms with E-state index in [1.165, 1.54) is 12.5 Å². The van der Waals surface area contributed by atoms with Gasteiger partial charge in [-0.15, -0.1) is 0 Å². The minimum absolute atomic E-state index is 0.0955. The molecule has 0 amide bonds. The quantitative estimate of drug-likeness (QED) is 0.893. The molecule has 0 aromatic heterocycles. The Morgan fingerprint density at radius 1 is 1.33 bits per heavy atom. The summed E-state index contributed by atoms with van der Waals surface area (Å²) in [5.41, 5.74) is 0.711. The molecule has 0 radical (unpaired) electrons. The molecule has 3 nitrogen and oxygen atoms in total. The van der Waals surface area contributed by atoms with Gasteiger partial charge in [0.25, 0.3) is 0 Å². The van der Waals surface area contributed by atoms with Gasteiger partial charge in [0, 0.05) is 30.3 Å². The first-order valence-electron chi connectivity index (χ1n) is 6.16. The predicted octanol–water partition coefficient (Wildman–Crippen LogP) is 3.36. The molecule has 1 aliphatic heterocycles. The molecule has 1 atom stereocenters. The van der Waals surface area contributed by atoms with Crippen LogP contribution in [-0.2, 0) is 11.3 Å². The number of hydrogen-bond donors (Lipinski definition) is 2. The van der Waals surface area contributed by atoms with Crippen LogP contribution in [0.15, 0.2) is 12.1 Å². The van der Waals surface area contributed by atoms with E-state index in [0.29, 0.717) is 17.1 Å². The summed E-state index contributed by atoms with van der Waals surface area (Å²) in [6.07, 6.45) is 3.74. The van der Waals surface area contributed by atoms with E-state index in [1.54, 1.807) is 6.07 Å². The summed E-state index contributed by atoms with van der Waals surface area (Å²) in [7, 11) is 0. The fraction of sp³-hybridized carbons (Fsp3) is 0.538. The van der Waals surface area contributed by atoms with Crippen LogP contribution in [0.3, 0.4) is 0 Å². The lowest BCUT2D eigenvalue weighted by molar-refractivity contribution is 0.0167. The molecule has 18 heavy (non-hydrogen) atoms. The molecule has 0 spiro atoms. The molecule has 5 heteroatoms. The van der Waals surface area contributed by atoms with Crippen molar-refractivity contribution in [3.8, 4) is 5.75 Å². The number of halogens is 2. The van der Waals surface area contributed by atoms with Gasteiger partial charge >= 0.3 is 0 Å². The zero-order valence-electron chi connectivity index (χ0n) is 10.1. The van der Waals surface area contributed by atoms with Crippen LogP contribution in [-0.4, -0.2) is 24.4 Å². The summed E-state index contributed by atoms with van der Waals surface area (Å²) in [4.78, 5) is 0. The third-order valence-electron chi connectivity index (χ3n) is 3.07. The van der Waals surface area contributed by atoms with Gasteiger partial charge in [-0.25, -0.2) is 0 Å². The number of rotatable bonds is 4. The Morgan fingerprint density at radius 2 is 2.17 bits per heavy atom. The van der Waals surface area contributed by atoms with Crippen LogP contribution in [0, 0.1) is 0 Å². The van der Waals surface area contributed by atoms with E-state index in [1.807, 2.05) is 0 Å². The molecular formula is C13H17Cl2NO2. The second-order valence-electron chi connectivity index (χ2n) is 4.51. The summed E-state index contributed by atoms with van der Waals surface area (Å²) < 4.78 is 5.62. The summed E-state index contributed by atoms with van der Waals surface area (Å²) in [6.45, 7) is 2.16. The Hall–Kier alpha value is -0.480. The van der Waals surface area contributed by atoms with E-state index in [0.717, 1.165) is 26.0 Å². The highest BCUT2D eigenvalue weighted by molar-refractivity contribution is 6.35. The molecule has 0 aliphatic carbocycles. The maximum absolute atomic E-state index is 9.80. The lowest BCUT2D eigenvalue weighted by Gasteiger charge is -2.23. The molecule has 0 bridgehead atoms. The minimum Gasteiger partial charge on any atom is -0.506 e. The lowest BCUT2D eigenvalue weighted by atomic mass is 10.1. The molecule has 1 aliphatic rings. The number of benzene rings is 1. The summed E-state index contributed by atoms with van der Waals surface area (Å²) in [5.74, 6) is 0.0955. The van der Waals surface area contributed by atoms with Gasteiger partial charge in [0.05, 0.1) is 11.1 Å². The van der Waals surface area contributed by atoms with Crippen LogP contribution in [0.4, 0.5) is 0 Å². The SMILES string of the molecule is Oc1c(Cl)cc(Cl)cc1CNCC1CCCCO1. The van der Waals surface area contributed by atoms with Gasteiger partial charge in [-0.1, -0.05) is 23.2 Å². The molecule has 1 heterocycles. The van der Waals surface area contributed by atoms with Crippen molar-refractivity contribution in [2.45, 2.75) is 31.9 Å². The number of nitrogens with one attached hydrogen (secondary N) is 1. The van der Waals surface area contributed by atoms with Crippen LogP contribution in [0.25, 0.3) is 0 Å². The maximum Gasteiger partial charge on any atom is 0.138 e. The van der Waals surface area contributed by atoms with Crippen LogP contribution >= 0.6 is 23.2 Å². The molecule has 100 valence electrons. The number of aromatic hydroxyl groups is 1. The van der Waals surface area contributed by atoms with Gasteiger partial charge in [-0.05, 0) is 31.4 Å². The van der Waals surface area contributed by atoms with E-state index >= 15 is 0 Å². The van der Waals surface area contributed by atoms with Crippen molar-refractivity contribution in [1.29, 1.82) is 0 Å². The molecule has 2 rings (SSSR count). The average molecular weight is 290 g/mol. The van der Waals surface area contributed by atoms with Gasteiger partial charge in [-0.2, -0.15) is 0 Å². The average Bonchev–Trinajstić information content (AvgIpc) is 2.36. The Balaban J connectivity index is 1.86. The van der Waals surface area contributed by atoms with Crippen molar-refractivity contribution in [1.82, 2.24) is 5.32 Å². The summed E-state index contributed by atoms with van der Waals surface area (Å²) in [6, 6.07) is 3.25. The van der Waals surface area contributed by atoms with Gasteiger partial charge in [-0.3, -0.25) is 0 Å². The van der Waals surface area contributed by atoms with E-state index in [9.17, 15) is 5.11 Å². The maximum atomic E-state index is 9.80. The Kier molecular flexibility index (Phi) is 5.13. The monoisotopic (exact) mass is 289 g/mol. The van der Waals surface area contributed by atoms with Gasteiger partial charge in [0.1, 0.15) is 5.75 Å². The molecule has 1 aromatic rings. The van der Waals surface area contributed by atoms with E-state index in [2.05, 4.69) is 5.32 Å². The topological polar surface area (TPSA) is 41.5 Å². The zero-order chi connectivity index (χ0) is 13.0. The first-order chi connectivity index (χ1) is 8.66. The van der Waals surface area contributed by atoms with Gasteiger partial charge in [0.2, 0.25) is 0 Å². The molecule has 1 aromatic carbocycles. The molecule has 1 fully saturated rings. The smallest absolute Gasteiger partial charge is 0.138 e. The number of phenols is 1. The second kappa shape index (κ2) is 6.62. The molecule has 1 saturated heterocycles. The standard InChI is InChI=1S/C13H17Cl2NO2/c14-10-5-9(13(17)12(15)6-10)7-16-8-11-3-1-2-4-18-11/h5-6,11,16-17H,1-4,7-8H2. The summed E-state index contributed by atoms with van der Waals surface area (Å²) in [5, 5.41) is 13.9. The Bertz CT molecular complexity index is 406. The fourth-order valence-electron chi connectivity index (χ4n) is 2.09. The largest absolute Gasteiger partial charge is 0.506 e. The normalized spacial score (nSPS) is 20.0. The van der Waals surface area contributed by atoms with Gasteiger partial charge < -0.3 is 15.2 Å². The zero-order valence-corrected chi connectivity index (χ0v) is 11.6. The fourth-order valence-corrected chi connectivity index (χ4v) is 2.63. The van der Waals surface area contributed by atoms with Crippen molar-refractivity contribution < 1.29 is 9.84 Å². The Morgan fingerprint density at radius 3 is 2.89 bits per heavy atom. The van der Waals surface area contributed by atoms with Crippen molar-refractivity contribution in [3.63, 3.8) is 0 Å².